The van der Waals surface area contributed by atoms with Crippen molar-refractivity contribution in [1.29, 1.82) is 0 Å². The Labute approximate surface area is 232 Å². The molecule has 0 fully saturated rings. The first kappa shape index (κ1) is 20.6. The summed E-state index contributed by atoms with van der Waals surface area (Å²) < 4.78 is 5.28. The van der Waals surface area contributed by atoms with E-state index < -0.39 is 0 Å². The molecule has 0 radical (unpaired) electrons. The second-order valence-corrected chi connectivity index (χ2v) is 12.6. The van der Waals surface area contributed by atoms with Crippen LogP contribution in [0, 0.1) is 0 Å². The summed E-state index contributed by atoms with van der Waals surface area (Å²) in [5.41, 5.74) is 9.38. The van der Waals surface area contributed by atoms with Crippen LogP contribution in [-0.4, -0.2) is 4.57 Å². The van der Waals surface area contributed by atoms with Gasteiger partial charge in [0.15, 0.2) is 0 Å². The fourth-order valence-electron chi connectivity index (χ4n) is 7.11. The zero-order chi connectivity index (χ0) is 25.2. The lowest BCUT2D eigenvalue weighted by Crippen LogP contribution is -2.24. The van der Waals surface area contributed by atoms with Crippen molar-refractivity contribution in [1.82, 2.24) is 4.57 Å². The number of fused-ring (bicyclic) bond motifs is 12. The Morgan fingerprint density at radius 2 is 1.23 bits per heavy atom. The number of rotatable bonds is 1. The van der Waals surface area contributed by atoms with Crippen LogP contribution >= 0.6 is 22.7 Å². The average molecular weight is 533 g/mol. The molecule has 5 aromatic carbocycles. The van der Waals surface area contributed by atoms with E-state index in [-0.39, 0.29) is 5.92 Å². The molecule has 0 amide bonds. The monoisotopic (exact) mass is 532 g/mol. The predicted molar refractivity (Wildman–Crippen MR) is 167 cm³/mol. The van der Waals surface area contributed by atoms with Crippen molar-refractivity contribution >= 4 is 81.7 Å². The first-order chi connectivity index (χ1) is 19.4. The van der Waals surface area contributed by atoms with Gasteiger partial charge in [0.25, 0.3) is 0 Å². The second kappa shape index (κ2) is 7.17. The summed E-state index contributed by atoms with van der Waals surface area (Å²) in [7, 11) is 0. The molecule has 182 valence electrons. The lowest BCUT2D eigenvalue weighted by molar-refractivity contribution is 0.942. The molecule has 2 aliphatic heterocycles. The zero-order valence-corrected chi connectivity index (χ0v) is 22.4. The van der Waals surface area contributed by atoms with E-state index in [1.807, 2.05) is 22.7 Å². The van der Waals surface area contributed by atoms with Crippen LogP contribution in [0.15, 0.2) is 115 Å². The van der Waals surface area contributed by atoms with E-state index >= 15 is 0 Å². The molecule has 5 heterocycles. The molecule has 1 atom stereocenters. The molecule has 0 N–H and O–H groups in total. The summed E-state index contributed by atoms with van der Waals surface area (Å²) in [4.78, 5) is 3.97. The van der Waals surface area contributed by atoms with Crippen molar-refractivity contribution in [3.05, 3.63) is 131 Å². The Morgan fingerprint density at radius 1 is 0.538 bits per heavy atom. The molecule has 8 aromatic rings. The third kappa shape index (κ3) is 2.43. The largest absolute Gasteiger partial charge is 0.308 e. The number of nitrogens with zero attached hydrogens (tertiary/aromatic N) is 2. The number of hydrogen-bond donors (Lipinski definition) is 0. The Balaban J connectivity index is 1.47. The van der Waals surface area contributed by atoms with E-state index in [1.54, 1.807) is 0 Å². The summed E-state index contributed by atoms with van der Waals surface area (Å²) in [5.74, 6) is 0.194. The normalized spacial score (nSPS) is 15.4. The number of anilines is 3. The molecule has 2 aliphatic rings. The molecule has 0 saturated carbocycles. The number of para-hydroxylation sites is 2. The van der Waals surface area contributed by atoms with Crippen molar-refractivity contribution in [2.45, 2.75) is 5.92 Å². The van der Waals surface area contributed by atoms with Gasteiger partial charge in [0.1, 0.15) is 5.00 Å². The van der Waals surface area contributed by atoms with Gasteiger partial charge in [-0.15, -0.1) is 22.7 Å². The first-order valence-electron chi connectivity index (χ1n) is 13.3. The summed E-state index contributed by atoms with van der Waals surface area (Å²) in [6.07, 6.45) is 0. The van der Waals surface area contributed by atoms with Crippen LogP contribution in [0.25, 0.3) is 47.0 Å². The summed E-state index contributed by atoms with van der Waals surface area (Å²) >= 11 is 3.91. The number of benzene rings is 5. The van der Waals surface area contributed by atoms with Crippen LogP contribution in [-0.2, 0) is 0 Å². The van der Waals surface area contributed by atoms with E-state index in [0.717, 1.165) is 0 Å². The van der Waals surface area contributed by atoms with Crippen LogP contribution in [0.4, 0.5) is 17.1 Å². The maximum Gasteiger partial charge on any atom is 0.105 e. The molecule has 0 spiro atoms. The van der Waals surface area contributed by atoms with Crippen LogP contribution in [0.1, 0.15) is 21.9 Å². The number of hydrogen-bond acceptors (Lipinski definition) is 3. The third-order valence-electron chi connectivity index (χ3n) is 8.58. The average Bonchev–Trinajstić information content (AvgIpc) is 3.67. The maximum atomic E-state index is 2.57. The zero-order valence-electron chi connectivity index (χ0n) is 20.8. The van der Waals surface area contributed by atoms with Crippen molar-refractivity contribution < 1.29 is 0 Å². The standard InChI is InChI=1S/C35H20N2S2/c1-2-10-20(11-3-1)36-26-19-18-22-21-12-4-7-15-25(21)37-32(22)30(26)31(29-23-13-5-8-16-27(23)39-35(29)37)34-33(36)24-14-6-9-17-28(24)38-34/h1-19,31H. The molecular formula is C35H20N2S2. The highest BCUT2D eigenvalue weighted by Crippen LogP contribution is 2.63. The summed E-state index contributed by atoms with van der Waals surface area (Å²) in [6.45, 7) is 0. The summed E-state index contributed by atoms with van der Waals surface area (Å²) in [5, 5.41) is 6.75. The van der Waals surface area contributed by atoms with Crippen LogP contribution in [0.3, 0.4) is 0 Å². The molecule has 3 aromatic heterocycles. The van der Waals surface area contributed by atoms with Gasteiger partial charge in [-0.3, -0.25) is 4.57 Å². The fraction of sp³-hybridized carbons (Fsp3) is 0.0286. The molecule has 4 heteroatoms. The first-order valence-corrected chi connectivity index (χ1v) is 15.0. The van der Waals surface area contributed by atoms with Crippen molar-refractivity contribution in [2.24, 2.45) is 0 Å². The molecule has 2 nitrogen and oxygen atoms in total. The SMILES string of the molecule is c1ccc(N2c3ccc4c5ccccc5n5c4c3C(c3sc4ccccc4c32)c2c-5sc3ccccc23)cc1. The lowest BCUT2D eigenvalue weighted by Gasteiger charge is -2.39. The number of aromatic nitrogens is 1. The van der Waals surface area contributed by atoms with E-state index in [1.165, 1.54) is 80.0 Å². The maximum absolute atomic E-state index is 2.57. The fourth-order valence-corrected chi connectivity index (χ4v) is 9.68. The molecule has 39 heavy (non-hydrogen) atoms. The van der Waals surface area contributed by atoms with E-state index in [2.05, 4.69) is 125 Å². The van der Waals surface area contributed by atoms with E-state index in [4.69, 9.17) is 0 Å². The Bertz CT molecular complexity index is 2300. The van der Waals surface area contributed by atoms with E-state index in [0.29, 0.717) is 0 Å². The quantitative estimate of drug-likeness (QED) is 0.204. The van der Waals surface area contributed by atoms with Gasteiger partial charge in [-0.25, -0.2) is 0 Å². The van der Waals surface area contributed by atoms with Gasteiger partial charge in [0.05, 0.1) is 28.3 Å². The Hall–Kier alpha value is -4.38. The van der Waals surface area contributed by atoms with Crippen LogP contribution in [0.2, 0.25) is 0 Å². The van der Waals surface area contributed by atoms with Crippen LogP contribution < -0.4 is 4.90 Å². The summed E-state index contributed by atoms with van der Waals surface area (Å²) in [6, 6.07) is 42.5. The second-order valence-electron chi connectivity index (χ2n) is 10.5. The molecule has 0 aliphatic carbocycles. The predicted octanol–water partition coefficient (Wildman–Crippen LogP) is 10.5. The highest BCUT2D eigenvalue weighted by Gasteiger charge is 2.43. The minimum absolute atomic E-state index is 0.194. The van der Waals surface area contributed by atoms with Gasteiger partial charge in [-0.2, -0.15) is 0 Å². The molecule has 1 unspecified atom stereocenters. The molecule has 0 saturated heterocycles. The third-order valence-corrected chi connectivity index (χ3v) is 11.0. The lowest BCUT2D eigenvalue weighted by atomic mass is 9.81. The minimum Gasteiger partial charge on any atom is -0.308 e. The van der Waals surface area contributed by atoms with Crippen molar-refractivity contribution in [3.63, 3.8) is 0 Å². The molecular weight excluding hydrogens is 513 g/mol. The van der Waals surface area contributed by atoms with E-state index in [9.17, 15) is 0 Å². The minimum atomic E-state index is 0.194. The van der Waals surface area contributed by atoms with Gasteiger partial charge in [-0.05, 0) is 41.8 Å². The topological polar surface area (TPSA) is 8.17 Å². The highest BCUT2D eigenvalue weighted by molar-refractivity contribution is 7.22. The van der Waals surface area contributed by atoms with Crippen molar-refractivity contribution in [2.75, 3.05) is 4.90 Å². The van der Waals surface area contributed by atoms with Gasteiger partial charge in [-0.1, -0.05) is 78.9 Å². The number of thiophene rings is 2. The van der Waals surface area contributed by atoms with Gasteiger partial charge in [0.2, 0.25) is 0 Å². The van der Waals surface area contributed by atoms with Gasteiger partial charge in [0, 0.05) is 47.2 Å². The van der Waals surface area contributed by atoms with Crippen molar-refractivity contribution in [3.8, 4) is 5.00 Å². The smallest absolute Gasteiger partial charge is 0.105 e. The Morgan fingerprint density at radius 3 is 2.08 bits per heavy atom. The van der Waals surface area contributed by atoms with Gasteiger partial charge < -0.3 is 4.90 Å². The highest BCUT2D eigenvalue weighted by atomic mass is 32.1. The Kier molecular flexibility index (Phi) is 3.78. The van der Waals surface area contributed by atoms with Gasteiger partial charge >= 0.3 is 0 Å². The van der Waals surface area contributed by atoms with Crippen LogP contribution in [0.5, 0.6) is 0 Å². The molecule has 0 bridgehead atoms. The molecule has 10 rings (SSSR count).